The molecular formula is C20H20N4O3S. The van der Waals surface area contributed by atoms with Crippen LogP contribution in [0.15, 0.2) is 64.2 Å². The van der Waals surface area contributed by atoms with Gasteiger partial charge in [0.15, 0.2) is 0 Å². The minimum absolute atomic E-state index is 0.00292. The molecule has 7 nitrogen and oxygen atoms in total. The van der Waals surface area contributed by atoms with E-state index in [9.17, 15) is 9.59 Å². The normalized spacial score (nSPS) is 10.7. The minimum Gasteiger partial charge on any atom is -0.411 e. The van der Waals surface area contributed by atoms with Gasteiger partial charge in [-0.05, 0) is 38.1 Å². The molecule has 8 heteroatoms. The molecule has 2 N–H and O–H groups in total. The van der Waals surface area contributed by atoms with Crippen molar-refractivity contribution in [2.45, 2.75) is 25.1 Å². The molecule has 1 heterocycles. The lowest BCUT2D eigenvalue weighted by Gasteiger charge is -2.12. The second-order valence-electron chi connectivity index (χ2n) is 6.25. The van der Waals surface area contributed by atoms with Gasteiger partial charge in [0, 0.05) is 11.6 Å². The van der Waals surface area contributed by atoms with Crippen molar-refractivity contribution in [3.8, 4) is 11.5 Å². The Hall–Kier alpha value is -3.13. The average Bonchev–Trinajstić information content (AvgIpc) is 3.16. The van der Waals surface area contributed by atoms with E-state index in [4.69, 9.17) is 4.42 Å². The van der Waals surface area contributed by atoms with Crippen LogP contribution in [0, 0.1) is 0 Å². The number of carbonyl (C=O) groups excluding carboxylic acids is 2. The number of anilines is 1. The summed E-state index contributed by atoms with van der Waals surface area (Å²) in [6.45, 7) is 3.76. The smallest absolute Gasteiger partial charge is 0.277 e. The van der Waals surface area contributed by atoms with Crippen LogP contribution in [0.25, 0.3) is 11.5 Å². The Morgan fingerprint density at radius 3 is 2.50 bits per heavy atom. The van der Waals surface area contributed by atoms with Gasteiger partial charge in [-0.15, -0.1) is 10.2 Å². The highest BCUT2D eigenvalue weighted by atomic mass is 32.2. The van der Waals surface area contributed by atoms with E-state index in [1.165, 1.54) is 0 Å². The third-order valence-corrected chi connectivity index (χ3v) is 4.44. The zero-order chi connectivity index (χ0) is 19.9. The van der Waals surface area contributed by atoms with Crippen molar-refractivity contribution in [2.24, 2.45) is 0 Å². The summed E-state index contributed by atoms with van der Waals surface area (Å²) in [6, 6.07) is 16.3. The monoisotopic (exact) mass is 396 g/mol. The van der Waals surface area contributed by atoms with Gasteiger partial charge in [0.05, 0.1) is 17.0 Å². The summed E-state index contributed by atoms with van der Waals surface area (Å²) in [6.07, 6.45) is 0. The van der Waals surface area contributed by atoms with E-state index in [1.54, 1.807) is 24.3 Å². The first-order valence-corrected chi connectivity index (χ1v) is 9.73. The summed E-state index contributed by atoms with van der Waals surface area (Å²) < 4.78 is 5.57. The molecule has 3 aromatic rings. The van der Waals surface area contributed by atoms with Gasteiger partial charge in [-0.2, -0.15) is 0 Å². The van der Waals surface area contributed by atoms with Crippen LogP contribution in [0.4, 0.5) is 5.69 Å². The highest BCUT2D eigenvalue weighted by molar-refractivity contribution is 7.99. The maximum atomic E-state index is 12.3. The lowest BCUT2D eigenvalue weighted by Crippen LogP contribution is -2.31. The molecule has 144 valence electrons. The predicted molar refractivity (Wildman–Crippen MR) is 108 cm³/mol. The van der Waals surface area contributed by atoms with Crippen LogP contribution < -0.4 is 10.6 Å². The molecule has 0 saturated carbocycles. The fourth-order valence-electron chi connectivity index (χ4n) is 2.41. The highest BCUT2D eigenvalue weighted by Gasteiger charge is 2.15. The van der Waals surface area contributed by atoms with Crippen molar-refractivity contribution in [3.05, 3.63) is 60.2 Å². The van der Waals surface area contributed by atoms with Gasteiger partial charge in [0.2, 0.25) is 11.8 Å². The molecule has 28 heavy (non-hydrogen) atoms. The molecule has 0 aliphatic carbocycles. The SMILES string of the molecule is CC(C)NC(=O)c1ccccc1NC(=O)CSc1nnc(-c2ccccc2)o1. The topological polar surface area (TPSA) is 97.1 Å². The lowest BCUT2D eigenvalue weighted by atomic mass is 10.1. The average molecular weight is 396 g/mol. The van der Waals surface area contributed by atoms with Crippen molar-refractivity contribution in [3.63, 3.8) is 0 Å². The first-order chi connectivity index (χ1) is 13.5. The molecule has 0 spiro atoms. The van der Waals surface area contributed by atoms with E-state index < -0.39 is 0 Å². The van der Waals surface area contributed by atoms with Crippen LogP contribution in [0.1, 0.15) is 24.2 Å². The maximum absolute atomic E-state index is 12.3. The first kappa shape index (κ1) is 19.6. The lowest BCUT2D eigenvalue weighted by molar-refractivity contribution is -0.113. The second kappa shape index (κ2) is 9.18. The second-order valence-corrected chi connectivity index (χ2v) is 7.18. The number of aromatic nitrogens is 2. The standard InChI is InChI=1S/C20H20N4O3S/c1-13(2)21-18(26)15-10-6-7-11-16(15)22-17(25)12-28-20-24-23-19(27-20)14-8-4-3-5-9-14/h3-11,13H,12H2,1-2H3,(H,21,26)(H,22,25). The zero-order valence-electron chi connectivity index (χ0n) is 15.5. The largest absolute Gasteiger partial charge is 0.411 e. The Morgan fingerprint density at radius 2 is 1.75 bits per heavy atom. The van der Waals surface area contributed by atoms with Crippen molar-refractivity contribution in [1.29, 1.82) is 0 Å². The van der Waals surface area contributed by atoms with Crippen LogP contribution in [-0.4, -0.2) is 33.8 Å². The summed E-state index contributed by atoms with van der Waals surface area (Å²) in [5, 5.41) is 13.8. The summed E-state index contributed by atoms with van der Waals surface area (Å²) in [4.78, 5) is 24.6. The Bertz CT molecular complexity index is 957. The molecular weight excluding hydrogens is 376 g/mol. The van der Waals surface area contributed by atoms with Crippen LogP contribution in [-0.2, 0) is 4.79 Å². The van der Waals surface area contributed by atoms with E-state index >= 15 is 0 Å². The number of nitrogens with one attached hydrogen (secondary N) is 2. The molecule has 0 radical (unpaired) electrons. The van der Waals surface area contributed by atoms with Crippen molar-refractivity contribution in [1.82, 2.24) is 15.5 Å². The number of benzene rings is 2. The fourth-order valence-corrected chi connectivity index (χ4v) is 2.97. The number of hydrogen-bond acceptors (Lipinski definition) is 6. The van der Waals surface area contributed by atoms with Gasteiger partial charge in [0.1, 0.15) is 0 Å². The van der Waals surface area contributed by atoms with Crippen LogP contribution in [0.3, 0.4) is 0 Å². The van der Waals surface area contributed by atoms with Crippen LogP contribution in [0.2, 0.25) is 0 Å². The number of nitrogens with zero attached hydrogens (tertiary/aromatic N) is 2. The van der Waals surface area contributed by atoms with E-state index in [2.05, 4.69) is 20.8 Å². The van der Waals surface area contributed by atoms with E-state index in [-0.39, 0.29) is 23.6 Å². The Kier molecular flexibility index (Phi) is 6.44. The molecule has 0 aliphatic heterocycles. The molecule has 0 atom stereocenters. The number of para-hydroxylation sites is 1. The molecule has 0 bridgehead atoms. The number of hydrogen-bond donors (Lipinski definition) is 2. The molecule has 2 aromatic carbocycles. The van der Waals surface area contributed by atoms with Gasteiger partial charge in [0.25, 0.3) is 11.1 Å². The third-order valence-electron chi connectivity index (χ3n) is 3.62. The van der Waals surface area contributed by atoms with Gasteiger partial charge in [-0.25, -0.2) is 0 Å². The fraction of sp³-hybridized carbons (Fsp3) is 0.200. The van der Waals surface area contributed by atoms with Gasteiger partial charge >= 0.3 is 0 Å². The molecule has 3 rings (SSSR count). The molecule has 2 amide bonds. The summed E-state index contributed by atoms with van der Waals surface area (Å²) >= 11 is 1.14. The van der Waals surface area contributed by atoms with E-state index in [0.717, 1.165) is 17.3 Å². The van der Waals surface area contributed by atoms with Gasteiger partial charge in [-0.3, -0.25) is 9.59 Å². The van der Waals surface area contributed by atoms with E-state index in [0.29, 0.717) is 22.4 Å². The van der Waals surface area contributed by atoms with Crippen LogP contribution in [0.5, 0.6) is 0 Å². The number of rotatable bonds is 7. The molecule has 0 fully saturated rings. The highest BCUT2D eigenvalue weighted by Crippen LogP contribution is 2.23. The molecule has 0 saturated heterocycles. The minimum atomic E-state index is -0.269. The van der Waals surface area contributed by atoms with E-state index in [1.807, 2.05) is 44.2 Å². The van der Waals surface area contributed by atoms with Gasteiger partial charge < -0.3 is 15.1 Å². The van der Waals surface area contributed by atoms with Crippen molar-refractivity contribution >= 4 is 29.3 Å². The number of carbonyl (C=O) groups is 2. The number of amides is 2. The molecule has 0 aliphatic rings. The summed E-state index contributed by atoms with van der Waals surface area (Å²) in [5.74, 6) is -0.0206. The summed E-state index contributed by atoms with van der Waals surface area (Å²) in [7, 11) is 0. The Morgan fingerprint density at radius 1 is 1.04 bits per heavy atom. The van der Waals surface area contributed by atoms with Crippen molar-refractivity contribution in [2.75, 3.05) is 11.1 Å². The quantitative estimate of drug-likeness (QED) is 0.592. The molecule has 1 aromatic heterocycles. The van der Waals surface area contributed by atoms with Gasteiger partial charge in [-0.1, -0.05) is 42.1 Å². The number of thioether (sulfide) groups is 1. The Balaban J connectivity index is 1.60. The zero-order valence-corrected chi connectivity index (χ0v) is 16.3. The van der Waals surface area contributed by atoms with Crippen molar-refractivity contribution < 1.29 is 14.0 Å². The third kappa shape index (κ3) is 5.20. The maximum Gasteiger partial charge on any atom is 0.277 e. The predicted octanol–water partition coefficient (Wildman–Crippen LogP) is 3.61. The Labute approximate surface area is 166 Å². The first-order valence-electron chi connectivity index (χ1n) is 8.74. The molecule has 0 unspecified atom stereocenters. The van der Waals surface area contributed by atoms with Crippen LogP contribution >= 0.6 is 11.8 Å². The summed E-state index contributed by atoms with van der Waals surface area (Å²) in [5.41, 5.74) is 1.69.